The van der Waals surface area contributed by atoms with Crippen molar-refractivity contribution < 1.29 is 0 Å². The number of aromatic nitrogens is 2. The summed E-state index contributed by atoms with van der Waals surface area (Å²) < 4.78 is 1.99. The first-order chi connectivity index (χ1) is 5.74. The van der Waals surface area contributed by atoms with E-state index in [9.17, 15) is 0 Å². The number of hydrogen-bond acceptors (Lipinski definition) is 2. The van der Waals surface area contributed by atoms with Gasteiger partial charge in [0.05, 0.1) is 12.0 Å². The van der Waals surface area contributed by atoms with Gasteiger partial charge in [-0.15, -0.1) is 0 Å². The highest BCUT2D eigenvalue weighted by Crippen LogP contribution is 2.48. The number of imidazole rings is 1. The number of nitrogens with zero attached hydrogens (tertiary/aromatic N) is 2. The first kappa shape index (κ1) is 8.08. The van der Waals surface area contributed by atoms with E-state index in [0.717, 1.165) is 18.7 Å². The Kier molecular flexibility index (Phi) is 1.85. The summed E-state index contributed by atoms with van der Waals surface area (Å²) in [7, 11) is 1.97. The maximum atomic E-state index is 5.93. The summed E-state index contributed by atoms with van der Waals surface area (Å²) in [5.74, 6) is 1.17. The first-order valence-corrected chi connectivity index (χ1v) is 4.48. The van der Waals surface area contributed by atoms with E-state index in [1.54, 1.807) is 6.33 Å². The molecule has 0 radical (unpaired) electrons. The van der Waals surface area contributed by atoms with Gasteiger partial charge in [0.25, 0.3) is 0 Å². The van der Waals surface area contributed by atoms with Crippen molar-refractivity contribution in [2.45, 2.75) is 12.3 Å². The molecule has 2 N–H and O–H groups in total. The van der Waals surface area contributed by atoms with Crippen LogP contribution >= 0.6 is 11.6 Å². The van der Waals surface area contributed by atoms with Gasteiger partial charge >= 0.3 is 0 Å². The quantitative estimate of drug-likeness (QED) is 0.751. The molecular weight excluding hydrogens is 174 g/mol. The molecule has 2 rings (SSSR count). The molecule has 0 aliphatic heterocycles. The molecule has 1 fully saturated rings. The lowest BCUT2D eigenvalue weighted by atomic mass is 10.2. The van der Waals surface area contributed by atoms with Gasteiger partial charge in [-0.3, -0.25) is 0 Å². The van der Waals surface area contributed by atoms with E-state index in [0.29, 0.717) is 17.0 Å². The minimum atomic E-state index is 0.551. The zero-order valence-electron chi connectivity index (χ0n) is 7.00. The second kappa shape index (κ2) is 2.75. The van der Waals surface area contributed by atoms with Gasteiger partial charge in [0.2, 0.25) is 0 Å². The standard InChI is InChI=1S/C8H12ClN3/c1-12-4-11-8(9)7(12)6-2-5(6)3-10/h4-6H,2-3,10H2,1H3. The number of hydrogen-bond donors (Lipinski definition) is 1. The van der Waals surface area contributed by atoms with Crippen LogP contribution in [-0.2, 0) is 7.05 Å². The third-order valence-electron chi connectivity index (χ3n) is 2.51. The van der Waals surface area contributed by atoms with E-state index in [4.69, 9.17) is 17.3 Å². The van der Waals surface area contributed by atoms with Crippen LogP contribution in [0.5, 0.6) is 0 Å². The van der Waals surface area contributed by atoms with Crippen LogP contribution in [0.1, 0.15) is 18.0 Å². The van der Waals surface area contributed by atoms with Gasteiger partial charge in [0.1, 0.15) is 0 Å². The minimum Gasteiger partial charge on any atom is -0.336 e. The highest BCUT2D eigenvalue weighted by atomic mass is 35.5. The zero-order chi connectivity index (χ0) is 8.72. The number of rotatable bonds is 2. The van der Waals surface area contributed by atoms with Gasteiger partial charge in [-0.2, -0.15) is 0 Å². The Morgan fingerprint density at radius 1 is 1.83 bits per heavy atom. The number of aryl methyl sites for hydroxylation is 1. The van der Waals surface area contributed by atoms with Gasteiger partial charge < -0.3 is 10.3 Å². The van der Waals surface area contributed by atoms with E-state index in [1.807, 2.05) is 11.6 Å². The first-order valence-electron chi connectivity index (χ1n) is 4.10. The van der Waals surface area contributed by atoms with Crippen molar-refractivity contribution in [2.24, 2.45) is 18.7 Å². The number of nitrogens with two attached hydrogens (primary N) is 1. The lowest BCUT2D eigenvalue weighted by Gasteiger charge is -2.00. The Bertz CT molecular complexity index is 275. The van der Waals surface area contributed by atoms with Crippen molar-refractivity contribution in [3.8, 4) is 0 Å². The van der Waals surface area contributed by atoms with Crippen molar-refractivity contribution in [2.75, 3.05) is 6.54 Å². The average Bonchev–Trinajstić information content (AvgIpc) is 2.74. The van der Waals surface area contributed by atoms with Crippen LogP contribution in [0.25, 0.3) is 0 Å². The van der Waals surface area contributed by atoms with E-state index >= 15 is 0 Å². The second-order valence-electron chi connectivity index (χ2n) is 3.37. The monoisotopic (exact) mass is 185 g/mol. The summed E-state index contributed by atoms with van der Waals surface area (Å²) in [4.78, 5) is 4.03. The highest BCUT2D eigenvalue weighted by Gasteiger charge is 2.40. The Balaban J connectivity index is 2.23. The molecule has 0 bridgehead atoms. The van der Waals surface area contributed by atoms with Crippen molar-refractivity contribution >= 4 is 11.6 Å². The zero-order valence-corrected chi connectivity index (χ0v) is 7.75. The molecule has 1 aromatic heterocycles. The van der Waals surface area contributed by atoms with E-state index in [1.165, 1.54) is 0 Å². The predicted molar refractivity (Wildman–Crippen MR) is 48.1 cm³/mol. The van der Waals surface area contributed by atoms with Gasteiger partial charge in [-0.1, -0.05) is 11.6 Å². The van der Waals surface area contributed by atoms with Gasteiger partial charge in [0.15, 0.2) is 5.15 Å². The summed E-state index contributed by atoms with van der Waals surface area (Å²) in [5.41, 5.74) is 6.70. The fraction of sp³-hybridized carbons (Fsp3) is 0.625. The lowest BCUT2D eigenvalue weighted by molar-refractivity contribution is 0.756. The number of halogens is 1. The minimum absolute atomic E-state index is 0.551. The molecule has 4 heteroatoms. The van der Waals surface area contributed by atoms with Crippen molar-refractivity contribution in [1.82, 2.24) is 9.55 Å². The Labute approximate surface area is 76.5 Å². The normalized spacial score (nSPS) is 27.6. The third-order valence-corrected chi connectivity index (χ3v) is 2.80. The SMILES string of the molecule is Cn1cnc(Cl)c1C1CC1CN. The van der Waals surface area contributed by atoms with Crippen LogP contribution in [0.15, 0.2) is 6.33 Å². The topological polar surface area (TPSA) is 43.8 Å². The summed E-state index contributed by atoms with van der Waals surface area (Å²) in [6, 6.07) is 0. The second-order valence-corrected chi connectivity index (χ2v) is 3.73. The van der Waals surface area contributed by atoms with Crippen LogP contribution < -0.4 is 5.73 Å². The molecule has 2 atom stereocenters. The Hall–Kier alpha value is -0.540. The molecule has 3 nitrogen and oxygen atoms in total. The largest absolute Gasteiger partial charge is 0.336 e. The summed E-state index contributed by atoms with van der Waals surface area (Å²) in [6.45, 7) is 0.756. The fourth-order valence-electron chi connectivity index (χ4n) is 1.67. The molecule has 1 aromatic rings. The van der Waals surface area contributed by atoms with Crippen LogP contribution in [0.3, 0.4) is 0 Å². The Morgan fingerprint density at radius 3 is 3.00 bits per heavy atom. The summed E-state index contributed by atoms with van der Waals surface area (Å²) in [6.07, 6.45) is 2.92. The Morgan fingerprint density at radius 2 is 2.58 bits per heavy atom. The molecule has 1 saturated carbocycles. The van der Waals surface area contributed by atoms with E-state index < -0.39 is 0 Å². The summed E-state index contributed by atoms with van der Waals surface area (Å²) >= 11 is 5.93. The third kappa shape index (κ3) is 1.13. The smallest absolute Gasteiger partial charge is 0.150 e. The van der Waals surface area contributed by atoms with Crippen molar-refractivity contribution in [3.05, 3.63) is 17.2 Å². The average molecular weight is 186 g/mol. The van der Waals surface area contributed by atoms with E-state index in [2.05, 4.69) is 4.98 Å². The molecule has 0 saturated heterocycles. The molecule has 2 unspecified atom stereocenters. The van der Waals surface area contributed by atoms with Crippen LogP contribution in [0.2, 0.25) is 5.15 Å². The van der Waals surface area contributed by atoms with Gasteiger partial charge in [-0.25, -0.2) is 4.98 Å². The van der Waals surface area contributed by atoms with Gasteiger partial charge in [-0.05, 0) is 18.9 Å². The molecule has 66 valence electrons. The van der Waals surface area contributed by atoms with E-state index in [-0.39, 0.29) is 0 Å². The predicted octanol–water partition coefficient (Wildman–Crippen LogP) is 1.14. The highest BCUT2D eigenvalue weighted by molar-refractivity contribution is 6.30. The van der Waals surface area contributed by atoms with Crippen LogP contribution in [-0.4, -0.2) is 16.1 Å². The fourth-order valence-corrected chi connectivity index (χ4v) is 1.99. The van der Waals surface area contributed by atoms with Crippen LogP contribution in [0, 0.1) is 5.92 Å². The molecule has 12 heavy (non-hydrogen) atoms. The molecule has 0 amide bonds. The van der Waals surface area contributed by atoms with Gasteiger partial charge in [0, 0.05) is 13.0 Å². The molecular formula is C8H12ClN3. The maximum absolute atomic E-state index is 5.93. The van der Waals surface area contributed by atoms with Crippen LogP contribution in [0.4, 0.5) is 0 Å². The lowest BCUT2D eigenvalue weighted by Crippen LogP contribution is -2.03. The molecule has 1 aliphatic carbocycles. The molecule has 0 aromatic carbocycles. The maximum Gasteiger partial charge on any atom is 0.150 e. The molecule has 0 spiro atoms. The molecule has 1 aliphatic rings. The summed E-state index contributed by atoms with van der Waals surface area (Å²) in [5, 5.41) is 0.637. The molecule has 1 heterocycles. The van der Waals surface area contributed by atoms with Crippen molar-refractivity contribution in [1.29, 1.82) is 0 Å². The van der Waals surface area contributed by atoms with Crippen molar-refractivity contribution in [3.63, 3.8) is 0 Å².